The van der Waals surface area contributed by atoms with Crippen molar-refractivity contribution in [3.8, 4) is 0 Å². The van der Waals surface area contributed by atoms with Gasteiger partial charge in [-0.05, 0) is 50.7 Å². The number of nitrogens with one attached hydrogen (secondary N) is 1. The Bertz CT molecular complexity index is 746. The van der Waals surface area contributed by atoms with Crippen LogP contribution in [0.4, 0.5) is 0 Å². The molecule has 1 fully saturated rings. The van der Waals surface area contributed by atoms with Gasteiger partial charge in [-0.25, -0.2) is 13.1 Å². The van der Waals surface area contributed by atoms with Crippen LogP contribution in [0.3, 0.4) is 0 Å². The average molecular weight is 397 g/mol. The first-order chi connectivity index (χ1) is 12.8. The first-order valence-electron chi connectivity index (χ1n) is 9.34. The van der Waals surface area contributed by atoms with Crippen LogP contribution in [0, 0.1) is 12.8 Å². The molecule has 1 heterocycles. The predicted molar refractivity (Wildman–Crippen MR) is 102 cm³/mol. The summed E-state index contributed by atoms with van der Waals surface area (Å²) in [5.74, 6) is -0.741. The zero-order valence-electron chi connectivity index (χ0n) is 15.7. The number of likely N-dealkylation sites (tertiary alicyclic amines) is 1. The van der Waals surface area contributed by atoms with E-state index in [1.165, 1.54) is 0 Å². The number of rotatable bonds is 9. The monoisotopic (exact) mass is 396 g/mol. The highest BCUT2D eigenvalue weighted by atomic mass is 32.2. The maximum atomic E-state index is 12.4. The van der Waals surface area contributed by atoms with Gasteiger partial charge in [-0.2, -0.15) is 0 Å². The van der Waals surface area contributed by atoms with Gasteiger partial charge in [-0.1, -0.05) is 17.7 Å². The molecule has 1 aromatic rings. The van der Waals surface area contributed by atoms with Crippen molar-refractivity contribution >= 4 is 21.9 Å². The van der Waals surface area contributed by atoms with E-state index in [1.54, 1.807) is 29.2 Å². The summed E-state index contributed by atoms with van der Waals surface area (Å²) in [6, 6.07) is 6.71. The molecule has 150 valence electrons. The second-order valence-corrected chi connectivity index (χ2v) is 8.88. The number of unbranched alkanes of at least 4 members (excludes halogenated alkanes) is 1. The lowest BCUT2D eigenvalue weighted by atomic mass is 9.98. The Morgan fingerprint density at radius 2 is 1.85 bits per heavy atom. The minimum atomic E-state index is -3.55. The van der Waals surface area contributed by atoms with Gasteiger partial charge in [0.25, 0.3) is 0 Å². The Kier molecular flexibility index (Phi) is 7.79. The third-order valence-corrected chi connectivity index (χ3v) is 6.24. The van der Waals surface area contributed by atoms with Gasteiger partial charge in [0.15, 0.2) is 0 Å². The molecule has 1 saturated heterocycles. The molecule has 1 unspecified atom stereocenters. The van der Waals surface area contributed by atoms with Crippen LogP contribution in [0.1, 0.15) is 44.1 Å². The zero-order chi connectivity index (χ0) is 19.9. The largest absolute Gasteiger partial charge is 0.481 e. The topological polar surface area (TPSA) is 104 Å². The summed E-state index contributed by atoms with van der Waals surface area (Å²) in [5.41, 5.74) is 0.999. The van der Waals surface area contributed by atoms with Crippen LogP contribution in [0.25, 0.3) is 0 Å². The third-order valence-electron chi connectivity index (χ3n) is 4.80. The van der Waals surface area contributed by atoms with Gasteiger partial charge in [-0.3, -0.25) is 9.59 Å². The van der Waals surface area contributed by atoms with Crippen molar-refractivity contribution in [3.05, 3.63) is 29.8 Å². The molecule has 1 aliphatic rings. The average Bonchev–Trinajstić information content (AvgIpc) is 2.64. The van der Waals surface area contributed by atoms with E-state index in [2.05, 4.69) is 4.72 Å². The van der Waals surface area contributed by atoms with Crippen molar-refractivity contribution in [1.29, 1.82) is 0 Å². The Hall–Kier alpha value is -1.93. The van der Waals surface area contributed by atoms with Crippen molar-refractivity contribution in [2.24, 2.45) is 5.92 Å². The number of sulfonamides is 1. The van der Waals surface area contributed by atoms with Crippen LogP contribution in [0.5, 0.6) is 0 Å². The van der Waals surface area contributed by atoms with E-state index in [-0.39, 0.29) is 23.1 Å². The Balaban J connectivity index is 1.81. The summed E-state index contributed by atoms with van der Waals surface area (Å²) < 4.78 is 27.4. The Labute approximate surface area is 160 Å². The van der Waals surface area contributed by atoms with Gasteiger partial charge in [-0.15, -0.1) is 0 Å². The Morgan fingerprint density at radius 1 is 1.19 bits per heavy atom. The van der Waals surface area contributed by atoms with Crippen LogP contribution in [-0.4, -0.2) is 49.9 Å². The summed E-state index contributed by atoms with van der Waals surface area (Å²) in [5, 5.41) is 8.63. The molecule has 0 bridgehead atoms. The van der Waals surface area contributed by atoms with Gasteiger partial charge < -0.3 is 10.0 Å². The van der Waals surface area contributed by atoms with Gasteiger partial charge in [0.05, 0.1) is 4.90 Å². The number of carboxylic acid groups (broad SMARTS) is 1. The minimum Gasteiger partial charge on any atom is -0.481 e. The van der Waals surface area contributed by atoms with Gasteiger partial charge in [0.2, 0.25) is 15.9 Å². The van der Waals surface area contributed by atoms with Crippen molar-refractivity contribution in [2.45, 2.75) is 50.3 Å². The molecule has 27 heavy (non-hydrogen) atoms. The van der Waals surface area contributed by atoms with Gasteiger partial charge >= 0.3 is 5.97 Å². The van der Waals surface area contributed by atoms with E-state index in [9.17, 15) is 18.0 Å². The predicted octanol–water partition coefficient (Wildman–Crippen LogP) is 2.16. The molecule has 0 saturated carbocycles. The summed E-state index contributed by atoms with van der Waals surface area (Å²) in [4.78, 5) is 24.8. The molecule has 1 aromatic carbocycles. The fourth-order valence-corrected chi connectivity index (χ4v) is 4.31. The molecule has 1 amide bonds. The molecule has 1 aliphatic heterocycles. The highest BCUT2D eigenvalue weighted by molar-refractivity contribution is 7.89. The number of hydrogen-bond donors (Lipinski definition) is 2. The number of carbonyl (C=O) groups is 2. The SMILES string of the molecule is Cc1ccc(S(=O)(=O)NCC2CCCN(C(=O)CCCCC(=O)O)C2)cc1. The molecule has 1 atom stereocenters. The summed E-state index contributed by atoms with van der Waals surface area (Å²) >= 11 is 0. The number of benzene rings is 1. The van der Waals surface area contributed by atoms with E-state index in [4.69, 9.17) is 5.11 Å². The van der Waals surface area contributed by atoms with Gasteiger partial charge in [0.1, 0.15) is 0 Å². The molecular weight excluding hydrogens is 368 g/mol. The lowest BCUT2D eigenvalue weighted by Crippen LogP contribution is -2.43. The second kappa shape index (κ2) is 9.85. The zero-order valence-corrected chi connectivity index (χ0v) is 16.5. The molecule has 7 nitrogen and oxygen atoms in total. The van der Waals surface area contributed by atoms with E-state index in [0.29, 0.717) is 38.9 Å². The quantitative estimate of drug-likeness (QED) is 0.623. The fourth-order valence-electron chi connectivity index (χ4n) is 3.20. The molecule has 2 rings (SSSR count). The number of amides is 1. The maximum Gasteiger partial charge on any atom is 0.303 e. The lowest BCUT2D eigenvalue weighted by molar-refractivity contribution is -0.138. The fraction of sp³-hybridized carbons (Fsp3) is 0.579. The highest BCUT2D eigenvalue weighted by Gasteiger charge is 2.25. The standard InChI is InChI=1S/C19H28N2O5S/c1-15-8-10-17(11-9-15)27(25,26)20-13-16-5-4-12-21(14-16)18(22)6-2-3-7-19(23)24/h8-11,16,20H,2-7,12-14H2,1H3,(H,23,24). The molecular formula is C19H28N2O5S. The third kappa shape index (κ3) is 6.95. The molecule has 0 aliphatic carbocycles. The maximum absolute atomic E-state index is 12.4. The van der Waals surface area contributed by atoms with Crippen molar-refractivity contribution in [3.63, 3.8) is 0 Å². The molecule has 0 aromatic heterocycles. The smallest absolute Gasteiger partial charge is 0.303 e. The van der Waals surface area contributed by atoms with Gasteiger partial charge in [0, 0.05) is 32.5 Å². The molecule has 0 spiro atoms. The first kappa shape index (κ1) is 21.4. The van der Waals surface area contributed by atoms with Crippen molar-refractivity contribution in [1.82, 2.24) is 9.62 Å². The second-order valence-electron chi connectivity index (χ2n) is 7.11. The summed E-state index contributed by atoms with van der Waals surface area (Å²) in [6.07, 6.45) is 3.20. The van der Waals surface area contributed by atoms with Crippen LogP contribution >= 0.6 is 0 Å². The lowest BCUT2D eigenvalue weighted by Gasteiger charge is -2.33. The van der Waals surface area contributed by atoms with E-state index < -0.39 is 16.0 Å². The van der Waals surface area contributed by atoms with Crippen molar-refractivity contribution < 1.29 is 23.1 Å². The molecule has 0 radical (unpaired) electrons. The van der Waals surface area contributed by atoms with E-state index in [1.807, 2.05) is 6.92 Å². The number of piperidine rings is 1. The Morgan fingerprint density at radius 3 is 2.52 bits per heavy atom. The number of hydrogen-bond acceptors (Lipinski definition) is 4. The molecule has 8 heteroatoms. The van der Waals surface area contributed by atoms with Crippen LogP contribution in [0.15, 0.2) is 29.2 Å². The minimum absolute atomic E-state index is 0.0199. The first-order valence-corrected chi connectivity index (χ1v) is 10.8. The van der Waals surface area contributed by atoms with Crippen LogP contribution in [0.2, 0.25) is 0 Å². The number of nitrogens with zero attached hydrogens (tertiary/aromatic N) is 1. The number of aryl methyl sites for hydroxylation is 1. The van der Waals surface area contributed by atoms with E-state index >= 15 is 0 Å². The van der Waals surface area contributed by atoms with Crippen molar-refractivity contribution in [2.75, 3.05) is 19.6 Å². The number of carbonyl (C=O) groups excluding carboxylic acids is 1. The number of carboxylic acids is 1. The molecule has 2 N–H and O–H groups in total. The summed E-state index contributed by atoms with van der Waals surface area (Å²) in [7, 11) is -3.55. The highest BCUT2D eigenvalue weighted by Crippen LogP contribution is 2.18. The van der Waals surface area contributed by atoms with Crippen LogP contribution in [-0.2, 0) is 19.6 Å². The number of aliphatic carboxylic acids is 1. The normalized spacial score (nSPS) is 17.7. The van der Waals surface area contributed by atoms with Crippen LogP contribution < -0.4 is 4.72 Å². The summed E-state index contributed by atoms with van der Waals surface area (Å²) in [6.45, 7) is 3.42. The van der Waals surface area contributed by atoms with E-state index in [0.717, 1.165) is 18.4 Å².